The van der Waals surface area contributed by atoms with Gasteiger partial charge in [-0.15, -0.1) is 12.6 Å². The Hall–Kier alpha value is -3.20. The van der Waals surface area contributed by atoms with Crippen molar-refractivity contribution >= 4 is 46.7 Å². The number of fused-ring (bicyclic) bond motifs is 1. The molecule has 1 aliphatic heterocycles. The van der Waals surface area contributed by atoms with Crippen molar-refractivity contribution in [2.45, 2.75) is 36.8 Å². The van der Waals surface area contributed by atoms with E-state index in [0.717, 1.165) is 31.7 Å². The summed E-state index contributed by atoms with van der Waals surface area (Å²) in [6.07, 6.45) is 3.22. The van der Waals surface area contributed by atoms with Crippen molar-refractivity contribution in [1.29, 1.82) is 0 Å². The van der Waals surface area contributed by atoms with Gasteiger partial charge in [-0.2, -0.15) is 0 Å². The van der Waals surface area contributed by atoms with Gasteiger partial charge in [-0.1, -0.05) is 23.7 Å². The number of amides is 1. The number of rotatable bonds is 5. The highest BCUT2D eigenvalue weighted by atomic mass is 35.5. The first-order valence-electron chi connectivity index (χ1n) is 12.4. The second kappa shape index (κ2) is 9.22. The van der Waals surface area contributed by atoms with E-state index in [4.69, 9.17) is 16.6 Å². The molecular formula is C29H26ClFN4O2S. The number of nitrogens with zero attached hydrogens (tertiary/aromatic N) is 3. The SMILES string of the molecule is CC1(O)CC2(CN(c3cccc(-c4ccc5cnc(CNC(=O)c6cc(S)cc(Cl)c6)cc5c4F)n3)C2)C1. The van der Waals surface area contributed by atoms with E-state index in [-0.39, 0.29) is 23.7 Å². The first-order valence-corrected chi connectivity index (χ1v) is 13.2. The maximum Gasteiger partial charge on any atom is 0.251 e. The van der Waals surface area contributed by atoms with Crippen LogP contribution in [-0.4, -0.2) is 39.7 Å². The molecule has 38 heavy (non-hydrogen) atoms. The largest absolute Gasteiger partial charge is 0.390 e. The van der Waals surface area contributed by atoms with Crippen molar-refractivity contribution in [1.82, 2.24) is 15.3 Å². The fraction of sp³-hybridized carbons (Fsp3) is 0.276. The molecule has 0 radical (unpaired) electrons. The zero-order valence-electron chi connectivity index (χ0n) is 20.7. The van der Waals surface area contributed by atoms with Gasteiger partial charge in [0.1, 0.15) is 11.6 Å². The van der Waals surface area contributed by atoms with E-state index in [1.807, 2.05) is 25.1 Å². The lowest BCUT2D eigenvalue weighted by atomic mass is 9.56. The summed E-state index contributed by atoms with van der Waals surface area (Å²) in [7, 11) is 0. The van der Waals surface area contributed by atoms with Crippen LogP contribution in [0.2, 0.25) is 5.02 Å². The molecule has 9 heteroatoms. The van der Waals surface area contributed by atoms with Crippen LogP contribution >= 0.6 is 24.2 Å². The van der Waals surface area contributed by atoms with Crippen molar-refractivity contribution in [3.05, 3.63) is 82.9 Å². The second-order valence-electron chi connectivity index (χ2n) is 10.8. The molecule has 2 aromatic heterocycles. The van der Waals surface area contributed by atoms with E-state index in [1.54, 1.807) is 42.6 Å². The van der Waals surface area contributed by atoms with Crippen molar-refractivity contribution in [2.24, 2.45) is 5.41 Å². The Labute approximate surface area is 230 Å². The Kier molecular flexibility index (Phi) is 6.09. The van der Waals surface area contributed by atoms with Crippen molar-refractivity contribution < 1.29 is 14.3 Å². The van der Waals surface area contributed by atoms with Crippen LogP contribution in [0.3, 0.4) is 0 Å². The van der Waals surface area contributed by atoms with Crippen LogP contribution in [0.15, 0.2) is 65.7 Å². The Morgan fingerprint density at radius 3 is 2.71 bits per heavy atom. The molecule has 1 saturated carbocycles. The molecule has 2 fully saturated rings. The van der Waals surface area contributed by atoms with Gasteiger partial charge >= 0.3 is 0 Å². The van der Waals surface area contributed by atoms with E-state index in [2.05, 4.69) is 27.8 Å². The van der Waals surface area contributed by atoms with Crippen LogP contribution < -0.4 is 10.2 Å². The summed E-state index contributed by atoms with van der Waals surface area (Å²) in [5.41, 5.74) is 1.49. The van der Waals surface area contributed by atoms with Gasteiger partial charge in [-0.3, -0.25) is 9.78 Å². The highest BCUT2D eigenvalue weighted by Gasteiger charge is 2.57. The van der Waals surface area contributed by atoms with Gasteiger partial charge in [0.15, 0.2) is 0 Å². The quantitative estimate of drug-likeness (QED) is 0.281. The number of pyridine rings is 2. The van der Waals surface area contributed by atoms with E-state index in [1.165, 1.54) is 0 Å². The predicted octanol–water partition coefficient (Wildman–Crippen LogP) is 5.66. The third-order valence-electron chi connectivity index (χ3n) is 7.37. The number of hydrogen-bond acceptors (Lipinski definition) is 6. The average Bonchev–Trinajstić information content (AvgIpc) is 2.84. The Morgan fingerprint density at radius 1 is 1.18 bits per heavy atom. The lowest BCUT2D eigenvalue weighted by molar-refractivity contribution is -0.126. The van der Waals surface area contributed by atoms with E-state index in [9.17, 15) is 9.90 Å². The number of thiol groups is 1. The highest BCUT2D eigenvalue weighted by molar-refractivity contribution is 7.80. The molecule has 3 heterocycles. The lowest BCUT2D eigenvalue weighted by Gasteiger charge is -2.62. The van der Waals surface area contributed by atoms with E-state index < -0.39 is 5.60 Å². The second-order valence-corrected chi connectivity index (χ2v) is 11.7. The van der Waals surface area contributed by atoms with Gasteiger partial charge in [0, 0.05) is 56.5 Å². The minimum absolute atomic E-state index is 0.129. The Morgan fingerprint density at radius 2 is 1.97 bits per heavy atom. The van der Waals surface area contributed by atoms with Gasteiger partial charge in [-0.25, -0.2) is 9.37 Å². The molecule has 6 rings (SSSR count). The van der Waals surface area contributed by atoms with Gasteiger partial charge in [0.25, 0.3) is 5.91 Å². The summed E-state index contributed by atoms with van der Waals surface area (Å²) in [5.74, 6) is 0.104. The summed E-state index contributed by atoms with van der Waals surface area (Å²) in [5, 5.41) is 14.4. The predicted molar refractivity (Wildman–Crippen MR) is 149 cm³/mol. The molecule has 6 nitrogen and oxygen atoms in total. The number of aromatic nitrogens is 2. The zero-order chi connectivity index (χ0) is 26.7. The maximum absolute atomic E-state index is 15.8. The van der Waals surface area contributed by atoms with Crippen LogP contribution in [0.5, 0.6) is 0 Å². The molecule has 0 atom stereocenters. The first kappa shape index (κ1) is 25.1. The number of carbonyl (C=O) groups excluding carboxylic acids is 1. The Balaban J connectivity index is 1.21. The average molecular weight is 549 g/mol. The minimum Gasteiger partial charge on any atom is -0.390 e. The van der Waals surface area contributed by atoms with Gasteiger partial charge in [0.05, 0.1) is 23.5 Å². The number of hydrogen-bond donors (Lipinski definition) is 3. The lowest BCUT2D eigenvalue weighted by Crippen LogP contribution is -2.67. The van der Waals surface area contributed by atoms with E-state index >= 15 is 4.39 Å². The molecular weight excluding hydrogens is 523 g/mol. The number of nitrogens with one attached hydrogen (secondary N) is 1. The third-order valence-corrected chi connectivity index (χ3v) is 7.84. The van der Waals surface area contributed by atoms with Gasteiger partial charge < -0.3 is 15.3 Å². The summed E-state index contributed by atoms with van der Waals surface area (Å²) in [4.78, 5) is 24.5. The van der Waals surface area contributed by atoms with Crippen molar-refractivity contribution in [3.8, 4) is 11.3 Å². The van der Waals surface area contributed by atoms with Crippen LogP contribution in [-0.2, 0) is 6.54 Å². The fourth-order valence-corrected chi connectivity index (χ4v) is 6.55. The summed E-state index contributed by atoms with van der Waals surface area (Å²) < 4.78 is 15.8. The zero-order valence-corrected chi connectivity index (χ0v) is 22.4. The number of anilines is 1. The summed E-state index contributed by atoms with van der Waals surface area (Å²) in [6.45, 7) is 3.72. The van der Waals surface area contributed by atoms with Crippen LogP contribution in [0.4, 0.5) is 10.2 Å². The molecule has 4 aromatic rings. The maximum atomic E-state index is 15.8. The summed E-state index contributed by atoms with van der Waals surface area (Å²) in [6, 6.07) is 15.7. The van der Waals surface area contributed by atoms with Gasteiger partial charge in [-0.05, 0) is 62.2 Å². The van der Waals surface area contributed by atoms with Crippen LogP contribution in [0, 0.1) is 11.2 Å². The highest BCUT2D eigenvalue weighted by Crippen LogP contribution is 2.54. The Bertz CT molecular complexity index is 1560. The van der Waals surface area contributed by atoms with E-state index in [0.29, 0.717) is 43.2 Å². The van der Waals surface area contributed by atoms with Crippen LogP contribution in [0.25, 0.3) is 22.0 Å². The molecule has 0 bridgehead atoms. The smallest absolute Gasteiger partial charge is 0.251 e. The first-order chi connectivity index (χ1) is 18.1. The minimum atomic E-state index is -0.558. The topological polar surface area (TPSA) is 78.4 Å². The normalized spacial score (nSPS) is 17.2. The molecule has 1 amide bonds. The molecule has 1 saturated heterocycles. The third kappa shape index (κ3) is 4.72. The molecule has 194 valence electrons. The molecule has 0 unspecified atom stereocenters. The monoisotopic (exact) mass is 548 g/mol. The molecule has 2 aromatic carbocycles. The molecule has 2 N–H and O–H groups in total. The van der Waals surface area contributed by atoms with Crippen LogP contribution in [0.1, 0.15) is 35.8 Å². The standard InChI is InChI=1S/C29H26ClFN4O2S/c1-28(37)13-29(14-28)15-35(16-29)25-4-2-3-24(34-25)22-6-5-17-11-32-20(10-23(17)26(22)31)12-33-27(36)18-7-19(30)9-21(38)8-18/h2-11,37-38H,12-16H2,1H3,(H,33,36). The number of aliphatic hydroxyl groups is 1. The molecule has 1 aliphatic carbocycles. The summed E-state index contributed by atoms with van der Waals surface area (Å²) >= 11 is 10.3. The number of benzene rings is 2. The van der Waals surface area contributed by atoms with Crippen molar-refractivity contribution in [2.75, 3.05) is 18.0 Å². The molecule has 1 spiro atoms. The fourth-order valence-electron chi connectivity index (χ4n) is 5.96. The number of carbonyl (C=O) groups is 1. The number of halogens is 2. The molecule has 2 aliphatic rings. The van der Waals surface area contributed by atoms with Crippen molar-refractivity contribution in [3.63, 3.8) is 0 Å². The van der Waals surface area contributed by atoms with Gasteiger partial charge in [0.2, 0.25) is 0 Å².